The third kappa shape index (κ3) is 1.21. The fourth-order valence-corrected chi connectivity index (χ4v) is 7.00. The summed E-state index contributed by atoms with van der Waals surface area (Å²) in [5.41, 5.74) is 4.50. The first kappa shape index (κ1) is 12.4. The van der Waals surface area contributed by atoms with Gasteiger partial charge < -0.3 is 0 Å². The van der Waals surface area contributed by atoms with Crippen LogP contribution in [0, 0.1) is 22.2 Å². The van der Waals surface area contributed by atoms with Crippen LogP contribution in [0.25, 0.3) is 0 Å². The molecule has 0 N–H and O–H groups in total. The number of rotatable bonds is 0. The van der Waals surface area contributed by atoms with E-state index < -0.39 is 0 Å². The van der Waals surface area contributed by atoms with Crippen LogP contribution < -0.4 is 0 Å². The van der Waals surface area contributed by atoms with Gasteiger partial charge in [-0.25, -0.2) is 0 Å². The van der Waals surface area contributed by atoms with Crippen LogP contribution in [0.2, 0.25) is 0 Å². The number of fused-ring (bicyclic) bond motifs is 4. The molecule has 0 amide bonds. The average Bonchev–Trinajstić information content (AvgIpc) is 2.88. The van der Waals surface area contributed by atoms with Gasteiger partial charge in [-0.05, 0) is 0 Å². The molecule has 2 unspecified atom stereocenters. The van der Waals surface area contributed by atoms with Crippen LogP contribution in [0.1, 0.15) is 44.7 Å². The summed E-state index contributed by atoms with van der Waals surface area (Å²) in [6.07, 6.45) is 5.35. The average molecular weight is 317 g/mol. The van der Waals surface area contributed by atoms with Gasteiger partial charge in [-0.3, -0.25) is 0 Å². The summed E-state index contributed by atoms with van der Waals surface area (Å²) in [6, 6.07) is 9.10. The Morgan fingerprint density at radius 3 is 2.11 bits per heavy atom. The zero-order valence-electron chi connectivity index (χ0n) is 12.1. The van der Waals surface area contributed by atoms with Gasteiger partial charge in [0.25, 0.3) is 0 Å². The van der Waals surface area contributed by atoms with E-state index in [-0.39, 0.29) is 0 Å². The molecule has 19 heavy (non-hydrogen) atoms. The SMILES string of the molecule is CC12CCC(C3(Cc4ccccc4C3)C1=[Se])C2(C)C. The van der Waals surface area contributed by atoms with Crippen molar-refractivity contribution in [1.82, 2.24) is 0 Å². The maximum atomic E-state index is 3.55. The standard InChI is InChI=1S/C18H22Se/c1-16(2)14-8-9-17(16,3)15(19)18(14)10-12-6-4-5-7-13(12)11-18/h4-7,14H,8-11H2,1-3H3. The molecule has 100 valence electrons. The predicted octanol–water partition coefficient (Wildman–Crippen LogP) is 3.57. The number of hydrogen-bond acceptors (Lipinski definition) is 0. The van der Waals surface area contributed by atoms with Gasteiger partial charge >= 0.3 is 124 Å². The first-order chi connectivity index (χ1) is 8.92. The van der Waals surface area contributed by atoms with E-state index in [2.05, 4.69) is 60.6 Å². The normalized spacial score (nSPS) is 37.0. The Labute approximate surface area is 124 Å². The van der Waals surface area contributed by atoms with Crippen LogP contribution in [0.3, 0.4) is 0 Å². The molecule has 2 bridgehead atoms. The summed E-state index contributed by atoms with van der Waals surface area (Å²) in [5.74, 6) is 0.855. The van der Waals surface area contributed by atoms with Crippen LogP contribution in [0.15, 0.2) is 24.3 Å². The molecule has 0 aromatic heterocycles. The second-order valence-corrected chi connectivity index (χ2v) is 8.61. The first-order valence-corrected chi connectivity index (χ1v) is 8.39. The van der Waals surface area contributed by atoms with Crippen molar-refractivity contribution in [2.24, 2.45) is 22.2 Å². The minimum absolute atomic E-state index is 0.416. The Hall–Kier alpha value is -0.391. The van der Waals surface area contributed by atoms with Gasteiger partial charge in [0.05, 0.1) is 0 Å². The summed E-state index contributed by atoms with van der Waals surface area (Å²) in [5, 5.41) is 0. The van der Waals surface area contributed by atoms with E-state index in [4.69, 9.17) is 0 Å². The molecule has 0 radical (unpaired) electrons. The van der Waals surface area contributed by atoms with E-state index in [1.807, 2.05) is 0 Å². The van der Waals surface area contributed by atoms with Crippen molar-refractivity contribution in [1.29, 1.82) is 0 Å². The van der Waals surface area contributed by atoms with Gasteiger partial charge in [-0.1, -0.05) is 0 Å². The maximum absolute atomic E-state index is 3.55. The molecular formula is C18H22Se. The monoisotopic (exact) mass is 318 g/mol. The van der Waals surface area contributed by atoms with Crippen molar-refractivity contribution in [2.75, 3.05) is 0 Å². The molecule has 0 heterocycles. The molecule has 4 rings (SSSR count). The second-order valence-electron chi connectivity index (χ2n) is 7.75. The van der Waals surface area contributed by atoms with Gasteiger partial charge in [0.1, 0.15) is 0 Å². The van der Waals surface area contributed by atoms with Crippen molar-refractivity contribution in [3.63, 3.8) is 0 Å². The predicted molar refractivity (Wildman–Crippen MR) is 81.7 cm³/mol. The van der Waals surface area contributed by atoms with Crippen molar-refractivity contribution in [3.05, 3.63) is 35.4 Å². The molecule has 3 aliphatic rings. The third-order valence-corrected chi connectivity index (χ3v) is 8.78. The summed E-state index contributed by atoms with van der Waals surface area (Å²) in [6.45, 7) is 7.54. The molecule has 3 aliphatic carbocycles. The molecule has 1 aromatic carbocycles. The van der Waals surface area contributed by atoms with E-state index in [1.54, 1.807) is 15.5 Å². The first-order valence-electron chi connectivity index (χ1n) is 7.53. The third-order valence-electron chi connectivity index (χ3n) is 6.98. The molecule has 0 nitrogen and oxygen atoms in total. The fraction of sp³-hybridized carbons (Fsp3) is 0.611. The van der Waals surface area contributed by atoms with Gasteiger partial charge in [0.15, 0.2) is 0 Å². The van der Waals surface area contributed by atoms with Crippen LogP contribution >= 0.6 is 0 Å². The van der Waals surface area contributed by atoms with Gasteiger partial charge in [0.2, 0.25) is 0 Å². The Bertz CT molecular complexity index is 558. The molecule has 2 fully saturated rings. The Balaban J connectivity index is 1.86. The summed E-state index contributed by atoms with van der Waals surface area (Å²) >= 11 is 3.55. The molecule has 1 aromatic rings. The zero-order chi connectivity index (χ0) is 13.5. The summed E-state index contributed by atoms with van der Waals surface area (Å²) in [7, 11) is 0. The topological polar surface area (TPSA) is 0 Å². The van der Waals surface area contributed by atoms with Crippen molar-refractivity contribution < 1.29 is 0 Å². The Kier molecular flexibility index (Phi) is 2.23. The van der Waals surface area contributed by atoms with Crippen LogP contribution in [-0.2, 0) is 12.8 Å². The molecule has 2 atom stereocenters. The Morgan fingerprint density at radius 2 is 1.63 bits per heavy atom. The molecule has 1 heteroatoms. The summed E-state index contributed by atoms with van der Waals surface area (Å²) in [4.78, 5) is 0. The van der Waals surface area contributed by atoms with E-state index in [9.17, 15) is 0 Å². The number of hydrogen-bond donors (Lipinski definition) is 0. The molecule has 0 saturated heterocycles. The zero-order valence-corrected chi connectivity index (χ0v) is 13.8. The second kappa shape index (κ2) is 3.43. The van der Waals surface area contributed by atoms with E-state index >= 15 is 0 Å². The molecule has 1 spiro atoms. The summed E-state index contributed by atoms with van der Waals surface area (Å²) < 4.78 is 1.69. The molecule has 2 saturated carbocycles. The van der Waals surface area contributed by atoms with Crippen molar-refractivity contribution in [2.45, 2.75) is 46.5 Å². The molecular weight excluding hydrogens is 295 g/mol. The van der Waals surface area contributed by atoms with Gasteiger partial charge in [-0.15, -0.1) is 0 Å². The van der Waals surface area contributed by atoms with E-state index in [0.29, 0.717) is 16.2 Å². The van der Waals surface area contributed by atoms with Crippen molar-refractivity contribution in [3.8, 4) is 0 Å². The quantitative estimate of drug-likeness (QED) is 0.642. The molecule has 0 aliphatic heterocycles. The van der Waals surface area contributed by atoms with Gasteiger partial charge in [-0.2, -0.15) is 0 Å². The van der Waals surface area contributed by atoms with E-state index in [0.717, 1.165) is 5.92 Å². The van der Waals surface area contributed by atoms with E-state index in [1.165, 1.54) is 25.7 Å². The minimum atomic E-state index is 0.416. The van der Waals surface area contributed by atoms with Crippen LogP contribution in [0.4, 0.5) is 0 Å². The van der Waals surface area contributed by atoms with Gasteiger partial charge in [0, 0.05) is 0 Å². The fourth-order valence-electron chi connectivity index (χ4n) is 5.63. The van der Waals surface area contributed by atoms with Crippen molar-refractivity contribution >= 4 is 20.0 Å². The van der Waals surface area contributed by atoms with Crippen LogP contribution in [0.5, 0.6) is 0 Å². The van der Waals surface area contributed by atoms with Crippen LogP contribution in [-0.4, -0.2) is 20.0 Å². The number of benzene rings is 1. The Morgan fingerprint density at radius 1 is 1.05 bits per heavy atom.